The van der Waals surface area contributed by atoms with Crippen molar-refractivity contribution in [3.05, 3.63) is 41.6 Å². The summed E-state index contributed by atoms with van der Waals surface area (Å²) in [4.78, 5) is 13.4. The van der Waals surface area contributed by atoms with Crippen molar-refractivity contribution in [3.63, 3.8) is 0 Å². The molecule has 1 saturated carbocycles. The van der Waals surface area contributed by atoms with E-state index in [9.17, 15) is 0 Å². The number of rotatable bonds is 7. The van der Waals surface area contributed by atoms with Gasteiger partial charge in [-0.2, -0.15) is 0 Å². The molecule has 0 atom stereocenters. The third-order valence-corrected chi connectivity index (χ3v) is 4.39. The van der Waals surface area contributed by atoms with Crippen molar-refractivity contribution in [1.29, 1.82) is 5.41 Å². The fraction of sp³-hybridized carbons (Fsp3) is 0.400. The summed E-state index contributed by atoms with van der Waals surface area (Å²) in [6, 6.07) is 8.34. The molecule has 0 saturated heterocycles. The summed E-state index contributed by atoms with van der Waals surface area (Å²) in [6.07, 6.45) is 6.63. The summed E-state index contributed by atoms with van der Waals surface area (Å²) in [5.74, 6) is 2.10. The van der Waals surface area contributed by atoms with Crippen LogP contribution in [0, 0.1) is 18.3 Å². The van der Waals surface area contributed by atoms with Crippen molar-refractivity contribution in [1.82, 2.24) is 9.97 Å². The van der Waals surface area contributed by atoms with Gasteiger partial charge in [0.15, 0.2) is 11.6 Å². The number of hydrogen-bond donors (Lipinski definition) is 2. The molecule has 0 aliphatic heterocycles. The molecule has 1 fully saturated rings. The van der Waals surface area contributed by atoms with Crippen LogP contribution in [0.15, 0.2) is 35.5 Å². The molecule has 0 radical (unpaired) electrons. The van der Waals surface area contributed by atoms with Crippen LogP contribution in [0.3, 0.4) is 0 Å². The maximum absolute atomic E-state index is 7.99. The van der Waals surface area contributed by atoms with Crippen LogP contribution in [0.4, 0.5) is 5.82 Å². The molecule has 1 aliphatic rings. The minimum absolute atomic E-state index is 0.414. The van der Waals surface area contributed by atoms with Crippen molar-refractivity contribution >= 4 is 17.4 Å². The molecular formula is C20H25N5. The van der Waals surface area contributed by atoms with E-state index in [-0.39, 0.29) is 0 Å². The Hall–Kier alpha value is -2.56. The van der Waals surface area contributed by atoms with Crippen LogP contribution >= 0.6 is 0 Å². The molecule has 0 unspecified atom stereocenters. The molecule has 2 aromatic rings. The second-order valence-corrected chi connectivity index (χ2v) is 6.73. The van der Waals surface area contributed by atoms with Crippen LogP contribution < -0.4 is 5.73 Å². The highest BCUT2D eigenvalue weighted by Gasteiger charge is 2.26. The van der Waals surface area contributed by atoms with Gasteiger partial charge >= 0.3 is 0 Å². The molecule has 3 N–H and O–H groups in total. The molecule has 1 aliphatic carbocycles. The Morgan fingerprint density at radius 2 is 2.00 bits per heavy atom. The number of aryl methyl sites for hydroxylation is 2. The lowest BCUT2D eigenvalue weighted by atomic mass is 10.1. The van der Waals surface area contributed by atoms with E-state index in [1.165, 1.54) is 5.56 Å². The summed E-state index contributed by atoms with van der Waals surface area (Å²) in [5.41, 5.74) is 9.89. The van der Waals surface area contributed by atoms with Gasteiger partial charge in [0, 0.05) is 29.5 Å². The third-order valence-electron chi connectivity index (χ3n) is 4.39. The van der Waals surface area contributed by atoms with E-state index in [1.54, 1.807) is 6.20 Å². The Morgan fingerprint density at radius 3 is 2.64 bits per heavy atom. The number of nitrogens with two attached hydrogens (primary N) is 1. The van der Waals surface area contributed by atoms with Crippen molar-refractivity contribution < 1.29 is 0 Å². The maximum Gasteiger partial charge on any atom is 0.161 e. The van der Waals surface area contributed by atoms with Crippen LogP contribution in [-0.4, -0.2) is 21.5 Å². The molecule has 3 rings (SSSR count). The van der Waals surface area contributed by atoms with Crippen molar-refractivity contribution in [2.24, 2.45) is 16.6 Å². The largest absolute Gasteiger partial charge is 0.387 e. The van der Waals surface area contributed by atoms with Crippen LogP contribution in [0.25, 0.3) is 11.4 Å². The Labute approximate surface area is 148 Å². The van der Waals surface area contributed by atoms with Crippen LogP contribution in [-0.2, 0) is 6.42 Å². The first-order chi connectivity index (χ1) is 12.1. The Balaban J connectivity index is 1.80. The molecule has 1 aromatic carbocycles. The standard InChI is InChI=1S/C20H25N5/c1-3-4-14-5-7-16(8-6-14)20-23-12-13(2)19(25-20)24-18(22)11-17(21)15-9-10-15/h5-8,12,15,21H,3-4,9-11H2,1-2H3,(H2,22,23,24,25). The SMILES string of the molecule is CCCc1ccc(-c2ncc(C)c(N=C(N)CC(=N)C3CC3)n2)cc1. The smallest absolute Gasteiger partial charge is 0.161 e. The third kappa shape index (κ3) is 4.50. The fourth-order valence-electron chi connectivity index (χ4n) is 2.74. The fourth-order valence-corrected chi connectivity index (χ4v) is 2.74. The van der Waals surface area contributed by atoms with Crippen LogP contribution in [0.2, 0.25) is 0 Å². The van der Waals surface area contributed by atoms with E-state index in [4.69, 9.17) is 11.1 Å². The average molecular weight is 335 g/mol. The summed E-state index contributed by atoms with van der Waals surface area (Å²) in [7, 11) is 0. The highest BCUT2D eigenvalue weighted by Crippen LogP contribution is 2.31. The zero-order valence-corrected chi connectivity index (χ0v) is 14.9. The molecular weight excluding hydrogens is 310 g/mol. The average Bonchev–Trinajstić information content (AvgIpc) is 3.43. The first-order valence-corrected chi connectivity index (χ1v) is 8.90. The van der Waals surface area contributed by atoms with Gasteiger partial charge in [-0.05, 0) is 37.7 Å². The predicted octanol–water partition coefficient (Wildman–Crippen LogP) is 4.21. The molecule has 25 heavy (non-hydrogen) atoms. The number of nitrogens with zero attached hydrogens (tertiary/aromatic N) is 3. The van der Waals surface area contributed by atoms with Crippen molar-refractivity contribution in [3.8, 4) is 11.4 Å². The highest BCUT2D eigenvalue weighted by molar-refractivity contribution is 6.03. The monoisotopic (exact) mass is 335 g/mol. The zero-order chi connectivity index (χ0) is 17.8. The molecule has 5 heteroatoms. The van der Waals surface area contributed by atoms with Crippen molar-refractivity contribution in [2.75, 3.05) is 0 Å². The number of nitrogens with one attached hydrogen (secondary N) is 1. The summed E-state index contributed by atoms with van der Waals surface area (Å²) in [5, 5.41) is 7.99. The molecule has 130 valence electrons. The first-order valence-electron chi connectivity index (χ1n) is 8.90. The summed E-state index contributed by atoms with van der Waals surface area (Å²) >= 11 is 0. The molecule has 5 nitrogen and oxygen atoms in total. The normalized spacial score (nSPS) is 14.6. The number of hydrogen-bond acceptors (Lipinski definition) is 4. The maximum atomic E-state index is 7.99. The molecule has 1 heterocycles. The molecule has 0 spiro atoms. The Kier molecular flexibility index (Phi) is 5.22. The second-order valence-electron chi connectivity index (χ2n) is 6.73. The van der Waals surface area contributed by atoms with Gasteiger partial charge in [0.1, 0.15) is 5.84 Å². The van der Waals surface area contributed by atoms with E-state index in [2.05, 4.69) is 46.1 Å². The van der Waals surface area contributed by atoms with Gasteiger partial charge in [0.05, 0.1) is 0 Å². The molecule has 0 amide bonds. The van der Waals surface area contributed by atoms with Crippen LogP contribution in [0.5, 0.6) is 0 Å². The Morgan fingerprint density at radius 1 is 1.28 bits per heavy atom. The number of benzene rings is 1. The molecule has 0 bridgehead atoms. The topological polar surface area (TPSA) is 88.0 Å². The van der Waals surface area contributed by atoms with E-state index in [0.717, 1.165) is 36.8 Å². The number of aliphatic imine (C=N–C) groups is 1. The van der Waals surface area contributed by atoms with Gasteiger partial charge in [-0.3, -0.25) is 0 Å². The van der Waals surface area contributed by atoms with Crippen LogP contribution in [0.1, 0.15) is 43.7 Å². The van der Waals surface area contributed by atoms with Gasteiger partial charge in [0.25, 0.3) is 0 Å². The Bertz CT molecular complexity index is 788. The second kappa shape index (κ2) is 7.55. The number of aromatic nitrogens is 2. The predicted molar refractivity (Wildman–Crippen MR) is 103 cm³/mol. The lowest BCUT2D eigenvalue weighted by molar-refractivity contribution is 0.922. The lowest BCUT2D eigenvalue weighted by Crippen LogP contribution is -2.17. The summed E-state index contributed by atoms with van der Waals surface area (Å²) < 4.78 is 0. The number of amidine groups is 1. The van der Waals surface area contributed by atoms with Gasteiger partial charge in [-0.25, -0.2) is 15.0 Å². The van der Waals surface area contributed by atoms with E-state index < -0.39 is 0 Å². The van der Waals surface area contributed by atoms with E-state index >= 15 is 0 Å². The van der Waals surface area contributed by atoms with Gasteiger partial charge in [-0.15, -0.1) is 0 Å². The quantitative estimate of drug-likeness (QED) is 0.586. The first kappa shape index (κ1) is 17.3. The minimum atomic E-state index is 0.414. The van der Waals surface area contributed by atoms with Gasteiger partial charge in [-0.1, -0.05) is 37.6 Å². The van der Waals surface area contributed by atoms with Gasteiger partial charge < -0.3 is 11.1 Å². The zero-order valence-electron chi connectivity index (χ0n) is 14.9. The molecule has 1 aromatic heterocycles. The van der Waals surface area contributed by atoms with E-state index in [1.807, 2.05) is 6.92 Å². The lowest BCUT2D eigenvalue weighted by Gasteiger charge is -2.07. The van der Waals surface area contributed by atoms with E-state index in [0.29, 0.717) is 35.5 Å². The van der Waals surface area contributed by atoms with Crippen molar-refractivity contribution in [2.45, 2.75) is 46.0 Å². The highest BCUT2D eigenvalue weighted by atomic mass is 15.0. The summed E-state index contributed by atoms with van der Waals surface area (Å²) in [6.45, 7) is 4.10. The minimum Gasteiger partial charge on any atom is -0.387 e. The van der Waals surface area contributed by atoms with Gasteiger partial charge in [0.2, 0.25) is 0 Å².